The van der Waals surface area contributed by atoms with Crippen LogP contribution in [0.15, 0.2) is 59.6 Å². The van der Waals surface area contributed by atoms with Crippen molar-refractivity contribution in [3.8, 4) is 0 Å². The second-order valence-electron chi connectivity index (χ2n) is 5.78. The molecule has 2 aromatic carbocycles. The monoisotopic (exact) mass is 323 g/mol. The Bertz CT molecular complexity index is 677. The van der Waals surface area contributed by atoms with Gasteiger partial charge >= 0.3 is 5.97 Å². The zero-order valence-electron chi connectivity index (χ0n) is 14.5. The molecule has 0 saturated heterocycles. The maximum atomic E-state index is 12.4. The Morgan fingerprint density at radius 3 is 2.50 bits per heavy atom. The van der Waals surface area contributed by atoms with Crippen molar-refractivity contribution < 1.29 is 9.53 Å². The number of nitrogens with zero attached hydrogens (tertiary/aromatic N) is 1. The van der Waals surface area contributed by atoms with Crippen LogP contribution < -0.4 is 0 Å². The largest absolute Gasteiger partial charge is 0.408 e. The molecule has 0 aliphatic carbocycles. The molecule has 0 amide bonds. The predicted octanol–water partition coefficient (Wildman–Crippen LogP) is 5.72. The van der Waals surface area contributed by atoms with Gasteiger partial charge in [-0.25, -0.2) is 9.79 Å². The highest BCUT2D eigenvalue weighted by atomic mass is 16.5. The summed E-state index contributed by atoms with van der Waals surface area (Å²) in [6.45, 7) is 4.20. The van der Waals surface area contributed by atoms with Crippen LogP contribution in [-0.4, -0.2) is 11.9 Å². The first-order chi connectivity index (χ1) is 11.7. The van der Waals surface area contributed by atoms with E-state index in [1.54, 1.807) is 6.07 Å². The van der Waals surface area contributed by atoms with Crippen molar-refractivity contribution in [1.29, 1.82) is 0 Å². The predicted molar refractivity (Wildman–Crippen MR) is 98.9 cm³/mol. The molecule has 0 unspecified atom stereocenters. The fourth-order valence-corrected chi connectivity index (χ4v) is 2.39. The summed E-state index contributed by atoms with van der Waals surface area (Å²) in [5, 5.41) is 0. The summed E-state index contributed by atoms with van der Waals surface area (Å²) in [4.78, 5) is 16.9. The van der Waals surface area contributed by atoms with Gasteiger partial charge in [-0.2, -0.15) is 0 Å². The molecule has 0 saturated carbocycles. The third-order valence-corrected chi connectivity index (χ3v) is 3.67. The molecule has 0 fully saturated rings. The summed E-state index contributed by atoms with van der Waals surface area (Å²) >= 11 is 0. The van der Waals surface area contributed by atoms with Gasteiger partial charge < -0.3 is 4.74 Å². The number of ether oxygens (including phenoxy) is 1. The fourth-order valence-electron chi connectivity index (χ4n) is 2.39. The van der Waals surface area contributed by atoms with E-state index < -0.39 is 0 Å². The number of hydrogen-bond acceptors (Lipinski definition) is 3. The maximum Gasteiger partial charge on any atom is 0.344 e. The minimum absolute atomic E-state index is 0.337. The van der Waals surface area contributed by atoms with Crippen molar-refractivity contribution in [2.45, 2.75) is 46.0 Å². The number of aryl methyl sites for hydroxylation is 1. The van der Waals surface area contributed by atoms with Crippen molar-refractivity contribution in [3.05, 3.63) is 65.7 Å². The van der Waals surface area contributed by atoms with Gasteiger partial charge in [0.15, 0.2) is 5.90 Å². The quantitative estimate of drug-likeness (QED) is 0.371. The van der Waals surface area contributed by atoms with E-state index in [2.05, 4.69) is 18.0 Å². The lowest BCUT2D eigenvalue weighted by atomic mass is 10.1. The fraction of sp³-hybridized carbons (Fsp3) is 0.333. The molecule has 0 aromatic heterocycles. The van der Waals surface area contributed by atoms with E-state index in [9.17, 15) is 4.79 Å². The Hall–Kier alpha value is -2.42. The van der Waals surface area contributed by atoms with Crippen LogP contribution in [-0.2, 0) is 11.2 Å². The SMILES string of the molecule is CCCCc1cccc(C(=O)OC(CCC)=Nc2ccccc2)c1. The minimum atomic E-state index is -0.337. The number of rotatable bonds is 7. The first kappa shape index (κ1) is 17.9. The van der Waals surface area contributed by atoms with E-state index in [4.69, 9.17) is 4.74 Å². The molecule has 0 spiro atoms. The Kier molecular flexibility index (Phi) is 7.21. The second-order valence-corrected chi connectivity index (χ2v) is 5.78. The molecule has 0 N–H and O–H groups in total. The Morgan fingerprint density at radius 2 is 1.79 bits per heavy atom. The first-order valence-corrected chi connectivity index (χ1v) is 8.66. The highest BCUT2D eigenvalue weighted by Crippen LogP contribution is 2.14. The molecule has 3 nitrogen and oxygen atoms in total. The molecular weight excluding hydrogens is 298 g/mol. The topological polar surface area (TPSA) is 38.7 Å². The summed E-state index contributed by atoms with van der Waals surface area (Å²) in [5.41, 5.74) is 2.55. The average molecular weight is 323 g/mol. The van der Waals surface area contributed by atoms with Gasteiger partial charge in [0.1, 0.15) is 0 Å². The normalized spacial score (nSPS) is 11.3. The number of hydrogen-bond donors (Lipinski definition) is 0. The summed E-state index contributed by atoms with van der Waals surface area (Å²) in [5.74, 6) is 0.129. The lowest BCUT2D eigenvalue weighted by molar-refractivity contribution is 0.0711. The summed E-state index contributed by atoms with van der Waals surface area (Å²) in [7, 11) is 0. The van der Waals surface area contributed by atoms with Crippen LogP contribution in [0.4, 0.5) is 5.69 Å². The van der Waals surface area contributed by atoms with Crippen LogP contribution in [0.3, 0.4) is 0 Å². The van der Waals surface area contributed by atoms with Gasteiger partial charge in [-0.3, -0.25) is 0 Å². The van der Waals surface area contributed by atoms with E-state index in [1.165, 1.54) is 5.56 Å². The van der Waals surface area contributed by atoms with Crippen molar-refractivity contribution in [1.82, 2.24) is 0 Å². The van der Waals surface area contributed by atoms with Gasteiger partial charge in [0, 0.05) is 6.42 Å². The van der Waals surface area contributed by atoms with Gasteiger partial charge in [-0.05, 0) is 49.1 Å². The van der Waals surface area contributed by atoms with E-state index in [-0.39, 0.29) is 5.97 Å². The lowest BCUT2D eigenvalue weighted by Gasteiger charge is -2.08. The second kappa shape index (κ2) is 9.66. The van der Waals surface area contributed by atoms with Crippen LogP contribution >= 0.6 is 0 Å². The van der Waals surface area contributed by atoms with E-state index in [0.29, 0.717) is 17.9 Å². The maximum absolute atomic E-state index is 12.4. The Balaban J connectivity index is 2.11. The molecule has 24 heavy (non-hydrogen) atoms. The molecule has 2 rings (SSSR count). The molecule has 0 heterocycles. The van der Waals surface area contributed by atoms with Gasteiger partial charge in [0.05, 0.1) is 11.3 Å². The zero-order chi connectivity index (χ0) is 17.2. The third kappa shape index (κ3) is 5.65. The van der Waals surface area contributed by atoms with E-state index >= 15 is 0 Å². The van der Waals surface area contributed by atoms with Gasteiger partial charge in [0.25, 0.3) is 0 Å². The number of carbonyl (C=O) groups excluding carboxylic acids is 1. The first-order valence-electron chi connectivity index (χ1n) is 8.66. The van der Waals surface area contributed by atoms with Crippen LogP contribution in [0.25, 0.3) is 0 Å². The van der Waals surface area contributed by atoms with Crippen LogP contribution in [0.1, 0.15) is 55.5 Å². The number of unbranched alkanes of at least 4 members (excludes halogenated alkanes) is 1. The average Bonchev–Trinajstić information content (AvgIpc) is 2.61. The lowest BCUT2D eigenvalue weighted by Crippen LogP contribution is -2.12. The molecule has 126 valence electrons. The highest BCUT2D eigenvalue weighted by Gasteiger charge is 2.12. The molecule has 0 bridgehead atoms. The molecule has 0 radical (unpaired) electrons. The number of aliphatic imine (C=N–C) groups is 1. The van der Waals surface area contributed by atoms with Gasteiger partial charge in [-0.1, -0.05) is 50.6 Å². The molecule has 0 aliphatic rings. The smallest absolute Gasteiger partial charge is 0.344 e. The van der Waals surface area contributed by atoms with E-state index in [0.717, 1.165) is 31.4 Å². The van der Waals surface area contributed by atoms with E-state index in [1.807, 2.05) is 49.4 Å². The van der Waals surface area contributed by atoms with Gasteiger partial charge in [-0.15, -0.1) is 0 Å². The number of carbonyl (C=O) groups is 1. The summed E-state index contributed by atoms with van der Waals surface area (Å²) < 4.78 is 5.55. The molecule has 0 atom stereocenters. The number of benzene rings is 2. The van der Waals surface area contributed by atoms with Crippen molar-refractivity contribution >= 4 is 17.6 Å². The summed E-state index contributed by atoms with van der Waals surface area (Å²) in [6.07, 6.45) is 4.75. The van der Waals surface area contributed by atoms with Crippen molar-refractivity contribution in [2.24, 2.45) is 4.99 Å². The molecular formula is C21H25NO2. The molecule has 2 aromatic rings. The highest BCUT2D eigenvalue weighted by molar-refractivity contribution is 5.99. The van der Waals surface area contributed by atoms with Gasteiger partial charge in [0.2, 0.25) is 0 Å². The minimum Gasteiger partial charge on any atom is -0.408 e. The Labute approximate surface area is 144 Å². The summed E-state index contributed by atoms with van der Waals surface area (Å²) in [6, 6.07) is 17.2. The van der Waals surface area contributed by atoms with Crippen LogP contribution in [0.5, 0.6) is 0 Å². The molecule has 3 heteroatoms. The standard InChI is InChI=1S/C21H25NO2/c1-3-5-11-17-12-9-13-18(16-17)21(23)24-20(10-4-2)22-19-14-7-6-8-15-19/h6-9,12-16H,3-5,10-11H2,1-2H3. The van der Waals surface area contributed by atoms with Crippen molar-refractivity contribution in [3.63, 3.8) is 0 Å². The number of esters is 1. The Morgan fingerprint density at radius 1 is 1.00 bits per heavy atom. The number of para-hydroxylation sites is 1. The van der Waals surface area contributed by atoms with Crippen LogP contribution in [0, 0.1) is 0 Å². The van der Waals surface area contributed by atoms with Crippen molar-refractivity contribution in [2.75, 3.05) is 0 Å². The third-order valence-electron chi connectivity index (χ3n) is 3.67. The molecule has 0 aliphatic heterocycles. The zero-order valence-corrected chi connectivity index (χ0v) is 14.5. The van der Waals surface area contributed by atoms with Crippen LogP contribution in [0.2, 0.25) is 0 Å².